The van der Waals surface area contributed by atoms with Crippen LogP contribution in [-0.2, 0) is 18.1 Å². The van der Waals surface area contributed by atoms with E-state index in [-0.39, 0.29) is 6.61 Å². The van der Waals surface area contributed by atoms with E-state index in [0.29, 0.717) is 0 Å². The van der Waals surface area contributed by atoms with E-state index in [1.165, 1.54) is 49.7 Å². The molecule has 1 radical (unpaired) electrons. The lowest BCUT2D eigenvalue weighted by atomic mass is 9.86. The van der Waals surface area contributed by atoms with Crippen LogP contribution in [0.4, 0.5) is 0 Å². The Labute approximate surface area is 182 Å². The van der Waals surface area contributed by atoms with Crippen molar-refractivity contribution in [2.24, 2.45) is 0 Å². The molecular weight excluding hydrogens is 376 g/mol. The first-order valence-corrected chi connectivity index (χ1v) is 10.7. The average Bonchev–Trinajstić information content (AvgIpc) is 3.22. The highest BCUT2D eigenvalue weighted by Crippen LogP contribution is 2.45. The molecule has 0 aromatic heterocycles. The van der Waals surface area contributed by atoms with E-state index in [2.05, 4.69) is 91.0 Å². The van der Waals surface area contributed by atoms with Crippen molar-refractivity contribution in [3.63, 3.8) is 0 Å². The Hall–Kier alpha value is -3.68. The molecule has 0 heterocycles. The van der Waals surface area contributed by atoms with Gasteiger partial charge in [-0.05, 0) is 67.3 Å². The molecule has 0 atom stereocenters. The van der Waals surface area contributed by atoms with Gasteiger partial charge in [0.1, 0.15) is 6.61 Å². The Morgan fingerprint density at radius 2 is 1.29 bits per heavy atom. The minimum atomic E-state index is -0.187. The summed E-state index contributed by atoms with van der Waals surface area (Å²) in [6.07, 6.45) is 0.961. The van der Waals surface area contributed by atoms with Crippen LogP contribution in [0.1, 0.15) is 16.7 Å². The summed E-state index contributed by atoms with van der Waals surface area (Å²) in [6.45, 7) is -0.187. The fraction of sp³-hybridized carbons (Fsp3) is 0.0667. The van der Waals surface area contributed by atoms with Gasteiger partial charge in [-0.3, -0.25) is 0 Å². The predicted octanol–water partition coefficient (Wildman–Crippen LogP) is 7.68. The molecule has 0 amide bonds. The van der Waals surface area contributed by atoms with Gasteiger partial charge in [0.25, 0.3) is 0 Å². The maximum Gasteiger partial charge on any atom is 0.107 e. The lowest BCUT2D eigenvalue weighted by Gasteiger charge is -2.17. The van der Waals surface area contributed by atoms with Crippen LogP contribution >= 0.6 is 0 Å². The van der Waals surface area contributed by atoms with Crippen molar-refractivity contribution in [1.82, 2.24) is 0 Å². The van der Waals surface area contributed by atoms with Crippen LogP contribution in [0.3, 0.4) is 0 Å². The van der Waals surface area contributed by atoms with Gasteiger partial charge in [-0.15, -0.1) is 0 Å². The lowest BCUT2D eigenvalue weighted by Crippen LogP contribution is -1.93. The zero-order chi connectivity index (χ0) is 20.8. The molecule has 0 bridgehead atoms. The Morgan fingerprint density at radius 1 is 0.581 bits per heavy atom. The molecule has 1 heteroatoms. The Balaban J connectivity index is 1.63. The minimum Gasteiger partial charge on any atom is -0.232 e. The van der Waals surface area contributed by atoms with E-state index < -0.39 is 0 Å². The van der Waals surface area contributed by atoms with E-state index in [4.69, 9.17) is 0 Å². The predicted molar refractivity (Wildman–Crippen MR) is 127 cm³/mol. The quantitative estimate of drug-likeness (QED) is 0.292. The molecule has 31 heavy (non-hydrogen) atoms. The number of rotatable bonds is 3. The summed E-state index contributed by atoms with van der Waals surface area (Å²) in [5.74, 6) is 0. The first kappa shape index (κ1) is 18.1. The van der Waals surface area contributed by atoms with E-state index in [0.717, 1.165) is 17.5 Å². The molecule has 0 saturated heterocycles. The topological polar surface area (TPSA) is 19.9 Å². The fourth-order valence-corrected chi connectivity index (χ4v) is 4.98. The summed E-state index contributed by atoms with van der Waals surface area (Å²) in [4.78, 5) is 0. The Morgan fingerprint density at radius 3 is 2.13 bits per heavy atom. The maximum absolute atomic E-state index is 11.3. The Bertz CT molecular complexity index is 1430. The van der Waals surface area contributed by atoms with Crippen LogP contribution in [0.5, 0.6) is 0 Å². The number of hydrogen-bond acceptors (Lipinski definition) is 0. The van der Waals surface area contributed by atoms with Gasteiger partial charge in [0.2, 0.25) is 0 Å². The lowest BCUT2D eigenvalue weighted by molar-refractivity contribution is 0.177. The summed E-state index contributed by atoms with van der Waals surface area (Å²) >= 11 is 0. The van der Waals surface area contributed by atoms with Crippen LogP contribution < -0.4 is 0 Å². The molecule has 6 rings (SSSR count). The molecule has 0 aliphatic heterocycles. The van der Waals surface area contributed by atoms with E-state index in [9.17, 15) is 5.11 Å². The van der Waals surface area contributed by atoms with E-state index >= 15 is 0 Å². The van der Waals surface area contributed by atoms with Crippen LogP contribution in [-0.4, -0.2) is 0 Å². The monoisotopic (exact) mass is 397 g/mol. The third kappa shape index (κ3) is 2.90. The van der Waals surface area contributed by atoms with Crippen molar-refractivity contribution in [2.45, 2.75) is 13.0 Å². The molecule has 1 aliphatic rings. The third-order valence-electron chi connectivity index (χ3n) is 6.48. The summed E-state index contributed by atoms with van der Waals surface area (Å²) < 4.78 is 0. The van der Waals surface area contributed by atoms with Gasteiger partial charge in [-0.25, -0.2) is 5.11 Å². The van der Waals surface area contributed by atoms with Crippen molar-refractivity contribution in [3.8, 4) is 33.4 Å². The molecular formula is C30H21O. The zero-order valence-corrected chi connectivity index (χ0v) is 17.1. The molecule has 1 nitrogen and oxygen atoms in total. The number of hydrogen-bond donors (Lipinski definition) is 0. The second-order valence-corrected chi connectivity index (χ2v) is 8.22. The van der Waals surface area contributed by atoms with Gasteiger partial charge >= 0.3 is 0 Å². The largest absolute Gasteiger partial charge is 0.232 e. The molecule has 5 aromatic rings. The van der Waals surface area contributed by atoms with Crippen molar-refractivity contribution in [1.29, 1.82) is 0 Å². The molecule has 147 valence electrons. The molecule has 0 spiro atoms. The number of fused-ring (bicyclic) bond motifs is 4. The SMILES string of the molecule is [O]Cc1ccc(-c2c(-c3cccc4c3Cc3ccccc3-4)ccc3ccccc23)cc1. The fourth-order valence-electron chi connectivity index (χ4n) is 4.98. The van der Waals surface area contributed by atoms with E-state index in [1.54, 1.807) is 0 Å². The Kier molecular flexibility index (Phi) is 4.22. The molecule has 0 fully saturated rings. The molecule has 5 aromatic carbocycles. The van der Waals surface area contributed by atoms with Crippen molar-refractivity contribution >= 4 is 10.8 Å². The normalized spacial score (nSPS) is 12.0. The first-order chi connectivity index (χ1) is 15.3. The molecule has 1 aliphatic carbocycles. The highest BCUT2D eigenvalue weighted by molar-refractivity contribution is 6.05. The molecule has 0 saturated carbocycles. The first-order valence-electron chi connectivity index (χ1n) is 10.7. The van der Waals surface area contributed by atoms with Gasteiger partial charge < -0.3 is 0 Å². The van der Waals surface area contributed by atoms with Crippen molar-refractivity contribution in [3.05, 3.63) is 120 Å². The maximum atomic E-state index is 11.3. The summed E-state index contributed by atoms with van der Waals surface area (Å²) in [7, 11) is 0. The van der Waals surface area contributed by atoms with Gasteiger partial charge in [-0.2, -0.15) is 0 Å². The third-order valence-corrected chi connectivity index (χ3v) is 6.48. The summed E-state index contributed by atoms with van der Waals surface area (Å²) in [6, 6.07) is 36.5. The number of benzene rings is 5. The van der Waals surface area contributed by atoms with Gasteiger partial charge in [-0.1, -0.05) is 103 Å². The molecule has 0 N–H and O–H groups in total. The highest BCUT2D eigenvalue weighted by atomic mass is 16.3. The van der Waals surface area contributed by atoms with E-state index in [1.807, 2.05) is 12.1 Å². The highest BCUT2D eigenvalue weighted by Gasteiger charge is 2.23. The zero-order valence-electron chi connectivity index (χ0n) is 17.1. The van der Waals surface area contributed by atoms with Crippen LogP contribution in [0.15, 0.2) is 103 Å². The van der Waals surface area contributed by atoms with Crippen LogP contribution in [0.25, 0.3) is 44.2 Å². The molecule has 0 unspecified atom stereocenters. The van der Waals surface area contributed by atoms with Gasteiger partial charge in [0, 0.05) is 0 Å². The average molecular weight is 397 g/mol. The second-order valence-electron chi connectivity index (χ2n) is 8.22. The van der Waals surface area contributed by atoms with Crippen molar-refractivity contribution in [2.75, 3.05) is 0 Å². The standard InChI is InChI=1S/C30H21O/c31-19-20-12-14-22(15-13-20)30-25-9-4-1-6-21(25)16-17-28(30)27-11-5-10-26-24-8-3-2-7-23(24)18-29(26)27/h1-17H,18-19H2. The van der Waals surface area contributed by atoms with Crippen molar-refractivity contribution < 1.29 is 5.11 Å². The van der Waals surface area contributed by atoms with Gasteiger partial charge in [0.15, 0.2) is 0 Å². The van der Waals surface area contributed by atoms with Crippen LogP contribution in [0.2, 0.25) is 0 Å². The minimum absolute atomic E-state index is 0.187. The van der Waals surface area contributed by atoms with Gasteiger partial charge in [0.05, 0.1) is 0 Å². The summed E-state index contributed by atoms with van der Waals surface area (Å²) in [5.41, 5.74) is 11.2. The second kappa shape index (κ2) is 7.23. The van der Waals surface area contributed by atoms with Crippen LogP contribution in [0, 0.1) is 0 Å². The summed E-state index contributed by atoms with van der Waals surface area (Å²) in [5, 5.41) is 13.8. The smallest absolute Gasteiger partial charge is 0.107 e.